The Labute approximate surface area is 202 Å². The van der Waals surface area contributed by atoms with Crippen molar-refractivity contribution in [2.45, 2.75) is 38.6 Å². The van der Waals surface area contributed by atoms with Crippen LogP contribution in [0.15, 0.2) is 23.2 Å². The molecule has 1 aromatic carbocycles. The third-order valence-electron chi connectivity index (χ3n) is 6.09. The minimum atomic E-state index is -3.09. The van der Waals surface area contributed by atoms with E-state index < -0.39 is 10.0 Å². The molecule has 1 aromatic rings. The molecular formula is C21H35FIN5O2S. The van der Waals surface area contributed by atoms with Crippen LogP contribution in [0.2, 0.25) is 0 Å². The van der Waals surface area contributed by atoms with E-state index in [4.69, 9.17) is 0 Å². The van der Waals surface area contributed by atoms with Crippen molar-refractivity contribution in [1.29, 1.82) is 0 Å². The quantitative estimate of drug-likeness (QED) is 0.325. The van der Waals surface area contributed by atoms with Crippen molar-refractivity contribution in [2.75, 3.05) is 50.9 Å². The smallest absolute Gasteiger partial charge is 0.211 e. The number of aliphatic imine (C=N–C) groups is 1. The van der Waals surface area contributed by atoms with Gasteiger partial charge >= 0.3 is 0 Å². The molecule has 2 saturated heterocycles. The second-order valence-corrected chi connectivity index (χ2v) is 10.4. The third kappa shape index (κ3) is 7.45. The van der Waals surface area contributed by atoms with Crippen molar-refractivity contribution in [3.63, 3.8) is 0 Å². The highest BCUT2D eigenvalue weighted by Gasteiger charge is 2.26. The first-order valence-electron chi connectivity index (χ1n) is 10.7. The molecule has 7 nitrogen and oxygen atoms in total. The summed E-state index contributed by atoms with van der Waals surface area (Å²) in [5.41, 5.74) is 2.04. The Morgan fingerprint density at radius 2 is 1.94 bits per heavy atom. The largest absolute Gasteiger partial charge is 0.369 e. The van der Waals surface area contributed by atoms with Crippen LogP contribution in [0.3, 0.4) is 0 Å². The van der Waals surface area contributed by atoms with Crippen molar-refractivity contribution in [3.8, 4) is 0 Å². The molecular weight excluding hydrogens is 532 g/mol. The standard InChI is InChI=1S/C21H34FN5O2S.HI/c1-16-13-18(22)6-7-20(16)26-10-4-5-19(15-26)25-21(23-2)24-14-17-8-11-27(12-9-17)30(3,28)29;/h6-7,13,17,19H,4-5,8-12,14-15H2,1-3H3,(H2,23,24,25);1H. The summed E-state index contributed by atoms with van der Waals surface area (Å²) in [7, 11) is -1.32. The molecule has 0 spiro atoms. The number of hydrogen-bond donors (Lipinski definition) is 2. The number of halogens is 2. The molecule has 1 unspecified atom stereocenters. The molecule has 2 aliphatic heterocycles. The Morgan fingerprint density at radius 3 is 2.55 bits per heavy atom. The maximum atomic E-state index is 13.4. The highest BCUT2D eigenvalue weighted by atomic mass is 127. The van der Waals surface area contributed by atoms with E-state index >= 15 is 0 Å². The summed E-state index contributed by atoms with van der Waals surface area (Å²) in [5, 5.41) is 6.94. The molecule has 1 atom stereocenters. The first kappa shape index (κ1) is 26.1. The Kier molecular flexibility index (Phi) is 9.81. The Bertz CT molecular complexity index is 859. The minimum absolute atomic E-state index is 0. The van der Waals surface area contributed by atoms with Gasteiger partial charge in [0.2, 0.25) is 10.0 Å². The van der Waals surface area contributed by atoms with E-state index in [9.17, 15) is 12.8 Å². The van der Waals surface area contributed by atoms with E-state index in [1.165, 1.54) is 12.3 Å². The molecule has 2 heterocycles. The van der Waals surface area contributed by atoms with Crippen LogP contribution in [-0.2, 0) is 10.0 Å². The van der Waals surface area contributed by atoms with E-state index in [-0.39, 0.29) is 35.8 Å². The molecule has 0 bridgehead atoms. The second kappa shape index (κ2) is 11.6. The summed E-state index contributed by atoms with van der Waals surface area (Å²) < 4.78 is 38.3. The zero-order valence-electron chi connectivity index (χ0n) is 18.6. The molecule has 0 aromatic heterocycles. The van der Waals surface area contributed by atoms with Crippen LogP contribution in [-0.4, -0.2) is 70.8 Å². The normalized spacial score (nSPS) is 21.5. The van der Waals surface area contributed by atoms with Crippen LogP contribution in [0.5, 0.6) is 0 Å². The molecule has 0 saturated carbocycles. The molecule has 10 heteroatoms. The van der Waals surface area contributed by atoms with Gasteiger partial charge in [-0.25, -0.2) is 17.1 Å². The van der Waals surface area contributed by atoms with Crippen molar-refractivity contribution >= 4 is 45.6 Å². The maximum Gasteiger partial charge on any atom is 0.211 e. The Hall–Kier alpha value is -1.14. The summed E-state index contributed by atoms with van der Waals surface area (Å²) in [5.74, 6) is 1.02. The van der Waals surface area contributed by atoms with Crippen molar-refractivity contribution in [1.82, 2.24) is 14.9 Å². The van der Waals surface area contributed by atoms with Crippen LogP contribution in [0.1, 0.15) is 31.2 Å². The summed E-state index contributed by atoms with van der Waals surface area (Å²) >= 11 is 0. The molecule has 0 aliphatic carbocycles. The van der Waals surface area contributed by atoms with Gasteiger partial charge in [0.05, 0.1) is 6.26 Å². The van der Waals surface area contributed by atoms with E-state index in [1.807, 2.05) is 13.0 Å². The maximum absolute atomic E-state index is 13.4. The highest BCUT2D eigenvalue weighted by molar-refractivity contribution is 14.0. The van der Waals surface area contributed by atoms with Gasteiger partial charge in [-0.05, 0) is 62.3 Å². The topological polar surface area (TPSA) is 77.0 Å². The molecule has 3 rings (SSSR count). The number of anilines is 1. The predicted molar refractivity (Wildman–Crippen MR) is 135 cm³/mol. The van der Waals surface area contributed by atoms with Crippen LogP contribution >= 0.6 is 24.0 Å². The molecule has 0 radical (unpaired) electrons. The van der Waals surface area contributed by atoms with E-state index in [0.29, 0.717) is 19.0 Å². The average molecular weight is 568 g/mol. The van der Waals surface area contributed by atoms with Crippen molar-refractivity contribution < 1.29 is 12.8 Å². The average Bonchev–Trinajstić information content (AvgIpc) is 2.71. The van der Waals surface area contributed by atoms with E-state index in [0.717, 1.165) is 62.5 Å². The van der Waals surface area contributed by atoms with Gasteiger partial charge in [0.15, 0.2) is 5.96 Å². The van der Waals surface area contributed by atoms with Crippen LogP contribution in [0, 0.1) is 18.7 Å². The summed E-state index contributed by atoms with van der Waals surface area (Å²) in [6, 6.07) is 5.24. The first-order valence-corrected chi connectivity index (χ1v) is 12.5. The van der Waals surface area contributed by atoms with Crippen molar-refractivity contribution in [2.24, 2.45) is 10.9 Å². The van der Waals surface area contributed by atoms with Gasteiger partial charge in [0, 0.05) is 51.5 Å². The molecule has 2 N–H and O–H groups in total. The number of rotatable bonds is 5. The molecule has 176 valence electrons. The lowest BCUT2D eigenvalue weighted by molar-refractivity contribution is 0.274. The van der Waals surface area contributed by atoms with Crippen molar-refractivity contribution in [3.05, 3.63) is 29.6 Å². The van der Waals surface area contributed by atoms with Crippen LogP contribution in [0.4, 0.5) is 10.1 Å². The number of nitrogens with one attached hydrogen (secondary N) is 2. The fourth-order valence-electron chi connectivity index (χ4n) is 4.36. The fourth-order valence-corrected chi connectivity index (χ4v) is 5.24. The van der Waals surface area contributed by atoms with Crippen LogP contribution in [0.25, 0.3) is 0 Å². The third-order valence-corrected chi connectivity index (χ3v) is 7.39. The van der Waals surface area contributed by atoms with E-state index in [1.54, 1.807) is 17.4 Å². The lowest BCUT2D eigenvalue weighted by Gasteiger charge is -2.36. The fraction of sp³-hybridized carbons (Fsp3) is 0.667. The molecule has 2 fully saturated rings. The molecule has 2 aliphatic rings. The number of hydrogen-bond acceptors (Lipinski definition) is 4. The number of nitrogens with zero attached hydrogens (tertiary/aromatic N) is 3. The van der Waals surface area contributed by atoms with Gasteiger partial charge in [-0.1, -0.05) is 0 Å². The summed E-state index contributed by atoms with van der Waals surface area (Å²) in [6.45, 7) is 5.73. The number of guanidine groups is 1. The van der Waals surface area contributed by atoms with Crippen LogP contribution < -0.4 is 15.5 Å². The lowest BCUT2D eigenvalue weighted by Crippen LogP contribution is -2.52. The number of benzene rings is 1. The van der Waals surface area contributed by atoms with E-state index in [2.05, 4.69) is 20.5 Å². The van der Waals surface area contributed by atoms with Gasteiger partial charge in [0.1, 0.15) is 5.82 Å². The summed E-state index contributed by atoms with van der Waals surface area (Å²) in [6.07, 6.45) is 5.12. The predicted octanol–water partition coefficient (Wildman–Crippen LogP) is 2.56. The zero-order chi connectivity index (χ0) is 21.7. The van der Waals surface area contributed by atoms with Gasteiger partial charge in [-0.15, -0.1) is 24.0 Å². The second-order valence-electron chi connectivity index (χ2n) is 8.42. The van der Waals surface area contributed by atoms with Gasteiger partial charge in [0.25, 0.3) is 0 Å². The van der Waals surface area contributed by atoms with Gasteiger partial charge in [-0.2, -0.15) is 0 Å². The number of sulfonamides is 1. The SMILES string of the molecule is CN=C(NCC1CCN(S(C)(=O)=O)CC1)NC1CCCN(c2ccc(F)cc2C)C1.I. The Morgan fingerprint density at radius 1 is 1.23 bits per heavy atom. The monoisotopic (exact) mass is 567 g/mol. The zero-order valence-corrected chi connectivity index (χ0v) is 21.8. The highest BCUT2D eigenvalue weighted by Crippen LogP contribution is 2.24. The minimum Gasteiger partial charge on any atom is -0.369 e. The molecule has 0 amide bonds. The van der Waals surface area contributed by atoms with Gasteiger partial charge < -0.3 is 15.5 Å². The summed E-state index contributed by atoms with van der Waals surface area (Å²) in [4.78, 5) is 6.68. The molecule has 31 heavy (non-hydrogen) atoms. The number of piperidine rings is 2. The Balaban J connectivity index is 0.00000341. The van der Waals surface area contributed by atoms with Gasteiger partial charge in [-0.3, -0.25) is 4.99 Å². The lowest BCUT2D eigenvalue weighted by atomic mass is 9.98. The first-order chi connectivity index (χ1) is 14.3. The number of aryl methyl sites for hydroxylation is 1.